The summed E-state index contributed by atoms with van der Waals surface area (Å²) in [6.45, 7) is 8.99. The summed E-state index contributed by atoms with van der Waals surface area (Å²) in [7, 11) is 0. The number of anilines is 2. The molecule has 7 heteroatoms. The molecule has 0 fully saturated rings. The first-order valence-corrected chi connectivity index (χ1v) is 8.22. The highest BCUT2D eigenvalue weighted by Crippen LogP contribution is 2.14. The van der Waals surface area contributed by atoms with Gasteiger partial charge in [0.15, 0.2) is 0 Å². The molecule has 1 aromatic rings. The number of nitrogens with one attached hydrogen (secondary N) is 3. The molecule has 0 unspecified atom stereocenters. The summed E-state index contributed by atoms with van der Waals surface area (Å²) in [5.74, 6) is -0.133. The predicted octanol–water partition coefficient (Wildman–Crippen LogP) is 3.13. The minimum Gasteiger partial charge on any atom is -0.444 e. The van der Waals surface area contributed by atoms with Crippen molar-refractivity contribution in [2.24, 2.45) is 5.92 Å². The van der Waals surface area contributed by atoms with Crippen LogP contribution in [0.3, 0.4) is 0 Å². The van der Waals surface area contributed by atoms with E-state index in [0.717, 1.165) is 0 Å². The molecule has 0 heterocycles. The fourth-order valence-corrected chi connectivity index (χ4v) is 1.89. The third-order valence-electron chi connectivity index (χ3n) is 2.84. The van der Waals surface area contributed by atoms with E-state index in [1.165, 1.54) is 0 Å². The third kappa shape index (κ3) is 9.34. The van der Waals surface area contributed by atoms with Gasteiger partial charge in [-0.25, -0.2) is 4.79 Å². The number of rotatable bonds is 6. The largest absolute Gasteiger partial charge is 0.444 e. The van der Waals surface area contributed by atoms with E-state index < -0.39 is 11.7 Å². The molecule has 25 heavy (non-hydrogen) atoms. The van der Waals surface area contributed by atoms with Gasteiger partial charge in [-0.2, -0.15) is 0 Å². The predicted molar refractivity (Wildman–Crippen MR) is 97.4 cm³/mol. The van der Waals surface area contributed by atoms with Crippen molar-refractivity contribution in [1.82, 2.24) is 5.32 Å². The molecule has 0 aliphatic heterocycles. The SMILES string of the molecule is CC(C)CC(=O)Nc1ccc(NC(=O)CNC(=O)OC(C)(C)C)cc1. The molecular weight excluding hydrogens is 322 g/mol. The number of carbonyl (C=O) groups excluding carboxylic acids is 3. The number of hydrogen-bond donors (Lipinski definition) is 3. The number of alkyl carbamates (subject to hydrolysis) is 1. The first-order chi connectivity index (χ1) is 11.5. The zero-order valence-corrected chi connectivity index (χ0v) is 15.4. The average molecular weight is 349 g/mol. The van der Waals surface area contributed by atoms with Crippen LogP contribution in [0.4, 0.5) is 16.2 Å². The third-order valence-corrected chi connectivity index (χ3v) is 2.84. The number of carbonyl (C=O) groups is 3. The van der Waals surface area contributed by atoms with Crippen LogP contribution in [0.1, 0.15) is 41.0 Å². The summed E-state index contributed by atoms with van der Waals surface area (Å²) in [6, 6.07) is 6.76. The maximum atomic E-state index is 11.8. The molecule has 0 aliphatic rings. The molecule has 0 radical (unpaired) electrons. The number of benzene rings is 1. The monoisotopic (exact) mass is 349 g/mol. The van der Waals surface area contributed by atoms with Crippen molar-refractivity contribution in [2.45, 2.75) is 46.6 Å². The van der Waals surface area contributed by atoms with Crippen LogP contribution in [-0.2, 0) is 14.3 Å². The normalized spacial score (nSPS) is 11.0. The van der Waals surface area contributed by atoms with E-state index in [9.17, 15) is 14.4 Å². The average Bonchev–Trinajstić information content (AvgIpc) is 2.44. The van der Waals surface area contributed by atoms with Gasteiger partial charge < -0.3 is 20.7 Å². The lowest BCUT2D eigenvalue weighted by Crippen LogP contribution is -2.37. The van der Waals surface area contributed by atoms with Gasteiger partial charge >= 0.3 is 6.09 Å². The van der Waals surface area contributed by atoms with Gasteiger partial charge in [0.05, 0.1) is 0 Å². The molecule has 1 aromatic carbocycles. The van der Waals surface area contributed by atoms with E-state index in [-0.39, 0.29) is 24.3 Å². The summed E-state index contributed by atoms with van der Waals surface area (Å²) < 4.78 is 5.05. The Balaban J connectivity index is 2.43. The van der Waals surface area contributed by atoms with Crippen LogP contribution < -0.4 is 16.0 Å². The first-order valence-electron chi connectivity index (χ1n) is 8.22. The smallest absolute Gasteiger partial charge is 0.408 e. The summed E-state index contributed by atoms with van der Waals surface area (Å²) in [5.41, 5.74) is 0.615. The summed E-state index contributed by atoms with van der Waals surface area (Å²) >= 11 is 0. The van der Waals surface area contributed by atoms with E-state index >= 15 is 0 Å². The molecule has 0 atom stereocenters. The lowest BCUT2D eigenvalue weighted by atomic mass is 10.1. The molecule has 3 N–H and O–H groups in total. The van der Waals surface area contributed by atoms with Gasteiger partial charge in [0.25, 0.3) is 0 Å². The van der Waals surface area contributed by atoms with Gasteiger partial charge in [0, 0.05) is 17.8 Å². The summed E-state index contributed by atoms with van der Waals surface area (Å²) in [5, 5.41) is 7.83. The van der Waals surface area contributed by atoms with Gasteiger partial charge in [-0.1, -0.05) is 13.8 Å². The Morgan fingerprint density at radius 1 is 0.960 bits per heavy atom. The van der Waals surface area contributed by atoms with Crippen LogP contribution in [0, 0.1) is 5.92 Å². The van der Waals surface area contributed by atoms with Crippen molar-refractivity contribution in [3.63, 3.8) is 0 Å². The fourth-order valence-electron chi connectivity index (χ4n) is 1.89. The maximum Gasteiger partial charge on any atom is 0.408 e. The van der Waals surface area contributed by atoms with Crippen LogP contribution >= 0.6 is 0 Å². The molecule has 3 amide bonds. The highest BCUT2D eigenvalue weighted by molar-refractivity contribution is 5.94. The molecule has 0 spiro atoms. The molecule has 0 bridgehead atoms. The molecule has 0 saturated heterocycles. The van der Waals surface area contributed by atoms with Crippen molar-refractivity contribution in [3.8, 4) is 0 Å². The van der Waals surface area contributed by atoms with Crippen molar-refractivity contribution in [1.29, 1.82) is 0 Å². The molecule has 138 valence electrons. The second-order valence-electron chi connectivity index (χ2n) is 7.13. The number of ether oxygens (including phenoxy) is 1. The molecule has 0 aromatic heterocycles. The van der Waals surface area contributed by atoms with Gasteiger partial charge in [-0.15, -0.1) is 0 Å². The second-order valence-corrected chi connectivity index (χ2v) is 7.13. The van der Waals surface area contributed by atoms with Gasteiger partial charge in [-0.3, -0.25) is 9.59 Å². The van der Waals surface area contributed by atoms with Crippen molar-refractivity contribution >= 4 is 29.3 Å². The van der Waals surface area contributed by atoms with E-state index in [1.54, 1.807) is 45.0 Å². The van der Waals surface area contributed by atoms with Crippen molar-refractivity contribution in [2.75, 3.05) is 17.2 Å². The van der Waals surface area contributed by atoms with Crippen molar-refractivity contribution < 1.29 is 19.1 Å². The Bertz CT molecular complexity index is 604. The van der Waals surface area contributed by atoms with Crippen LogP contribution in [0.2, 0.25) is 0 Å². The van der Waals surface area contributed by atoms with E-state index in [1.807, 2.05) is 13.8 Å². The summed E-state index contributed by atoms with van der Waals surface area (Å²) in [6.07, 6.45) is -0.194. The highest BCUT2D eigenvalue weighted by atomic mass is 16.6. The lowest BCUT2D eigenvalue weighted by molar-refractivity contribution is -0.117. The molecule has 1 rings (SSSR count). The molecule has 0 aliphatic carbocycles. The quantitative estimate of drug-likeness (QED) is 0.735. The molecule has 0 saturated carbocycles. The first kappa shape index (κ1) is 20.5. The Hall–Kier alpha value is -2.57. The Morgan fingerprint density at radius 2 is 1.44 bits per heavy atom. The zero-order chi connectivity index (χ0) is 19.0. The van der Waals surface area contributed by atoms with E-state index in [2.05, 4.69) is 16.0 Å². The fraction of sp³-hybridized carbons (Fsp3) is 0.500. The minimum absolute atomic E-state index is 0.0478. The lowest BCUT2D eigenvalue weighted by Gasteiger charge is -2.19. The van der Waals surface area contributed by atoms with Crippen molar-refractivity contribution in [3.05, 3.63) is 24.3 Å². The number of amides is 3. The zero-order valence-electron chi connectivity index (χ0n) is 15.4. The standard InChI is InChI=1S/C18H27N3O4/c1-12(2)10-15(22)20-13-6-8-14(9-7-13)21-16(23)11-19-17(24)25-18(3,4)5/h6-9,12H,10-11H2,1-5H3,(H,19,24)(H,20,22)(H,21,23). The van der Waals surface area contributed by atoms with Gasteiger partial charge in [0.1, 0.15) is 12.1 Å². The van der Waals surface area contributed by atoms with Crippen LogP contribution in [0.25, 0.3) is 0 Å². The van der Waals surface area contributed by atoms with Crippen LogP contribution in [0.15, 0.2) is 24.3 Å². The van der Waals surface area contributed by atoms with E-state index in [4.69, 9.17) is 4.74 Å². The Labute approximate surface area is 148 Å². The Morgan fingerprint density at radius 3 is 1.88 bits per heavy atom. The van der Waals surface area contributed by atoms with E-state index in [0.29, 0.717) is 17.8 Å². The minimum atomic E-state index is -0.647. The molecule has 7 nitrogen and oxygen atoms in total. The highest BCUT2D eigenvalue weighted by Gasteiger charge is 2.16. The summed E-state index contributed by atoms with van der Waals surface area (Å²) in [4.78, 5) is 35.0. The second kappa shape index (κ2) is 9.05. The van der Waals surface area contributed by atoms with Crippen LogP contribution in [0.5, 0.6) is 0 Å². The molecular formula is C18H27N3O4. The topological polar surface area (TPSA) is 96.5 Å². The van der Waals surface area contributed by atoms with Gasteiger partial charge in [-0.05, 0) is 51.0 Å². The Kier molecular flexibility index (Phi) is 7.42. The maximum absolute atomic E-state index is 11.8. The van der Waals surface area contributed by atoms with Gasteiger partial charge in [0.2, 0.25) is 11.8 Å². The van der Waals surface area contributed by atoms with Crippen LogP contribution in [-0.4, -0.2) is 30.1 Å². The number of hydrogen-bond acceptors (Lipinski definition) is 4.